The van der Waals surface area contributed by atoms with E-state index in [1.165, 1.54) is 22.3 Å². The Bertz CT molecular complexity index is 387. The average molecular weight is 249 g/mol. The topological polar surface area (TPSA) is 32.3 Å². The number of nitrogens with one attached hydrogen (secondary N) is 1. The van der Waals surface area contributed by atoms with Crippen LogP contribution >= 0.6 is 0 Å². The molecular formula is C16H27NO. The molecule has 0 aliphatic rings. The van der Waals surface area contributed by atoms with Crippen molar-refractivity contribution >= 4 is 0 Å². The highest BCUT2D eigenvalue weighted by molar-refractivity contribution is 5.39. The van der Waals surface area contributed by atoms with E-state index >= 15 is 0 Å². The van der Waals surface area contributed by atoms with E-state index in [1.807, 2.05) is 13.8 Å². The van der Waals surface area contributed by atoms with Crippen molar-refractivity contribution in [3.8, 4) is 0 Å². The van der Waals surface area contributed by atoms with Gasteiger partial charge in [0.1, 0.15) is 0 Å². The molecule has 0 aliphatic carbocycles. The van der Waals surface area contributed by atoms with Crippen molar-refractivity contribution in [2.75, 3.05) is 6.54 Å². The van der Waals surface area contributed by atoms with Gasteiger partial charge in [-0.25, -0.2) is 0 Å². The quantitative estimate of drug-likeness (QED) is 0.838. The maximum absolute atomic E-state index is 10.0. The molecule has 0 aromatic heterocycles. The van der Waals surface area contributed by atoms with Crippen LogP contribution in [0.5, 0.6) is 0 Å². The maximum atomic E-state index is 10.0. The number of hydrogen-bond donors (Lipinski definition) is 2. The van der Waals surface area contributed by atoms with Crippen LogP contribution in [0.2, 0.25) is 0 Å². The molecule has 0 radical (unpaired) electrons. The summed E-state index contributed by atoms with van der Waals surface area (Å²) in [6, 6.07) is 4.71. The second kappa shape index (κ2) is 5.85. The fourth-order valence-corrected chi connectivity index (χ4v) is 2.47. The summed E-state index contributed by atoms with van der Waals surface area (Å²) in [6.07, 6.45) is 0.762. The zero-order valence-corrected chi connectivity index (χ0v) is 12.6. The summed E-state index contributed by atoms with van der Waals surface area (Å²) in [7, 11) is 0. The summed E-state index contributed by atoms with van der Waals surface area (Å²) in [5.74, 6) is 0. The van der Waals surface area contributed by atoms with Gasteiger partial charge in [-0.05, 0) is 57.7 Å². The zero-order chi connectivity index (χ0) is 13.9. The molecule has 0 amide bonds. The molecule has 0 fully saturated rings. The van der Waals surface area contributed by atoms with Crippen molar-refractivity contribution in [3.63, 3.8) is 0 Å². The predicted molar refractivity (Wildman–Crippen MR) is 78.0 cm³/mol. The van der Waals surface area contributed by atoms with Crippen molar-refractivity contribution < 1.29 is 5.11 Å². The van der Waals surface area contributed by atoms with Gasteiger partial charge < -0.3 is 10.4 Å². The normalized spacial score (nSPS) is 16.4. The van der Waals surface area contributed by atoms with E-state index in [0.29, 0.717) is 6.54 Å². The van der Waals surface area contributed by atoms with Crippen molar-refractivity contribution in [3.05, 3.63) is 34.4 Å². The van der Waals surface area contributed by atoms with E-state index in [9.17, 15) is 5.11 Å². The Kier molecular flexibility index (Phi) is 4.94. The van der Waals surface area contributed by atoms with E-state index < -0.39 is 5.60 Å². The van der Waals surface area contributed by atoms with E-state index in [-0.39, 0.29) is 6.04 Å². The van der Waals surface area contributed by atoms with Crippen molar-refractivity contribution in [1.29, 1.82) is 0 Å². The third-order valence-electron chi connectivity index (χ3n) is 3.72. The van der Waals surface area contributed by atoms with E-state index in [4.69, 9.17) is 0 Å². The Hall–Kier alpha value is -0.860. The summed E-state index contributed by atoms with van der Waals surface area (Å²) in [6.45, 7) is 13.1. The van der Waals surface area contributed by atoms with Crippen LogP contribution in [0.1, 0.15) is 55.5 Å². The molecule has 0 saturated heterocycles. The minimum atomic E-state index is -0.624. The lowest BCUT2D eigenvalue weighted by molar-refractivity contribution is 0.0533. The smallest absolute Gasteiger partial charge is 0.0741 e. The van der Waals surface area contributed by atoms with Crippen LogP contribution in [0.3, 0.4) is 0 Å². The molecule has 0 heterocycles. The van der Waals surface area contributed by atoms with Gasteiger partial charge in [0.2, 0.25) is 0 Å². The highest BCUT2D eigenvalue weighted by Gasteiger charge is 2.19. The second-order valence-corrected chi connectivity index (χ2v) is 5.77. The van der Waals surface area contributed by atoms with Gasteiger partial charge in [0, 0.05) is 12.6 Å². The Labute approximate surface area is 111 Å². The highest BCUT2D eigenvalue weighted by Crippen LogP contribution is 2.23. The minimum Gasteiger partial charge on any atom is -0.389 e. The van der Waals surface area contributed by atoms with Crippen molar-refractivity contribution in [1.82, 2.24) is 5.32 Å². The van der Waals surface area contributed by atoms with Crippen LogP contribution in [0, 0.1) is 20.8 Å². The summed E-state index contributed by atoms with van der Waals surface area (Å²) >= 11 is 0. The lowest BCUT2D eigenvalue weighted by atomic mass is 9.94. The maximum Gasteiger partial charge on any atom is 0.0741 e. The Morgan fingerprint density at radius 2 is 1.72 bits per heavy atom. The van der Waals surface area contributed by atoms with Crippen LogP contribution in [-0.2, 0) is 0 Å². The van der Waals surface area contributed by atoms with Crippen LogP contribution in [0.25, 0.3) is 0 Å². The predicted octanol–water partition coefficient (Wildman–Crippen LogP) is 3.42. The zero-order valence-electron chi connectivity index (χ0n) is 12.6. The van der Waals surface area contributed by atoms with Gasteiger partial charge in [0.05, 0.1) is 5.60 Å². The molecule has 0 saturated carbocycles. The lowest BCUT2D eigenvalue weighted by Crippen LogP contribution is -2.38. The van der Waals surface area contributed by atoms with Crippen LogP contribution < -0.4 is 5.32 Å². The number of aryl methyl sites for hydroxylation is 3. The fourth-order valence-electron chi connectivity index (χ4n) is 2.47. The minimum absolute atomic E-state index is 0.267. The SMILES string of the molecule is CCC(C)(O)CNC(C)c1c(C)cc(C)cc1C. The fraction of sp³-hybridized carbons (Fsp3) is 0.625. The van der Waals surface area contributed by atoms with Crippen LogP contribution in [0.15, 0.2) is 12.1 Å². The summed E-state index contributed by atoms with van der Waals surface area (Å²) in [4.78, 5) is 0. The van der Waals surface area contributed by atoms with Gasteiger partial charge in [0.15, 0.2) is 0 Å². The van der Waals surface area contributed by atoms with Crippen molar-refractivity contribution in [2.24, 2.45) is 0 Å². The monoisotopic (exact) mass is 249 g/mol. The molecule has 2 unspecified atom stereocenters. The molecular weight excluding hydrogens is 222 g/mol. The average Bonchev–Trinajstić information content (AvgIpc) is 2.25. The molecule has 2 nitrogen and oxygen atoms in total. The molecule has 2 atom stereocenters. The number of benzene rings is 1. The van der Waals surface area contributed by atoms with Gasteiger partial charge in [-0.3, -0.25) is 0 Å². The van der Waals surface area contributed by atoms with Gasteiger partial charge in [-0.2, -0.15) is 0 Å². The van der Waals surface area contributed by atoms with E-state index in [1.54, 1.807) is 0 Å². The molecule has 2 heteroatoms. The molecule has 102 valence electrons. The first-order valence-corrected chi connectivity index (χ1v) is 6.80. The Balaban J connectivity index is 2.82. The second-order valence-electron chi connectivity index (χ2n) is 5.77. The van der Waals surface area contributed by atoms with Gasteiger partial charge >= 0.3 is 0 Å². The summed E-state index contributed by atoms with van der Waals surface area (Å²) in [5.41, 5.74) is 4.68. The van der Waals surface area contributed by atoms with Crippen LogP contribution in [-0.4, -0.2) is 17.3 Å². The molecule has 0 bridgehead atoms. The van der Waals surface area contributed by atoms with E-state index in [0.717, 1.165) is 6.42 Å². The van der Waals surface area contributed by atoms with Crippen molar-refractivity contribution in [2.45, 2.75) is 59.6 Å². The summed E-state index contributed by atoms with van der Waals surface area (Å²) in [5, 5.41) is 13.5. The number of hydrogen-bond acceptors (Lipinski definition) is 2. The largest absolute Gasteiger partial charge is 0.389 e. The molecule has 0 aliphatic heterocycles. The highest BCUT2D eigenvalue weighted by atomic mass is 16.3. The Morgan fingerprint density at radius 3 is 2.17 bits per heavy atom. The third-order valence-corrected chi connectivity index (χ3v) is 3.72. The molecule has 18 heavy (non-hydrogen) atoms. The Morgan fingerprint density at radius 1 is 1.22 bits per heavy atom. The number of rotatable bonds is 5. The first-order valence-electron chi connectivity index (χ1n) is 6.80. The molecule has 1 rings (SSSR count). The standard InChI is InChI=1S/C16H27NO/c1-7-16(6,18)10-17-14(5)15-12(3)8-11(2)9-13(15)4/h8-9,14,17-18H,7,10H2,1-6H3. The van der Waals surface area contributed by atoms with E-state index in [2.05, 4.69) is 45.1 Å². The third kappa shape index (κ3) is 3.82. The lowest BCUT2D eigenvalue weighted by Gasteiger charge is -2.26. The molecule has 0 spiro atoms. The molecule has 2 N–H and O–H groups in total. The van der Waals surface area contributed by atoms with Crippen LogP contribution in [0.4, 0.5) is 0 Å². The van der Waals surface area contributed by atoms with Gasteiger partial charge in [-0.1, -0.05) is 24.6 Å². The van der Waals surface area contributed by atoms with Gasteiger partial charge in [0.25, 0.3) is 0 Å². The summed E-state index contributed by atoms with van der Waals surface area (Å²) < 4.78 is 0. The first kappa shape index (κ1) is 15.2. The molecule has 1 aromatic rings. The first-order chi connectivity index (χ1) is 8.26. The molecule has 1 aromatic carbocycles. The van der Waals surface area contributed by atoms with Gasteiger partial charge in [-0.15, -0.1) is 0 Å². The number of aliphatic hydroxyl groups is 1.